The highest BCUT2D eigenvalue weighted by Gasteiger charge is 2.12. The maximum atomic E-state index is 6.06. The molecule has 0 bridgehead atoms. The van der Waals surface area contributed by atoms with Crippen LogP contribution in [0.1, 0.15) is 35.2 Å². The number of halogens is 1. The Morgan fingerprint density at radius 3 is 2.24 bits per heavy atom. The van der Waals surface area contributed by atoms with Gasteiger partial charge in [0.05, 0.1) is 12.1 Å². The molecular formula is C18H22ClNO. The van der Waals surface area contributed by atoms with Crippen molar-refractivity contribution in [1.82, 2.24) is 0 Å². The lowest BCUT2D eigenvalue weighted by molar-refractivity contribution is 0.415. The molecule has 2 aromatic rings. The number of nitrogens with one attached hydrogen (secondary N) is 1. The van der Waals surface area contributed by atoms with E-state index in [2.05, 4.69) is 45.1 Å². The fourth-order valence-electron chi connectivity index (χ4n) is 2.95. The summed E-state index contributed by atoms with van der Waals surface area (Å²) in [6, 6.07) is 10.4. The van der Waals surface area contributed by atoms with E-state index < -0.39 is 0 Å². The van der Waals surface area contributed by atoms with Crippen LogP contribution >= 0.6 is 11.6 Å². The fourth-order valence-corrected chi connectivity index (χ4v) is 3.14. The molecule has 0 aliphatic heterocycles. The number of hydrogen-bond donors (Lipinski definition) is 1. The quantitative estimate of drug-likeness (QED) is 0.811. The van der Waals surface area contributed by atoms with Gasteiger partial charge in [-0.25, -0.2) is 0 Å². The third-order valence-corrected chi connectivity index (χ3v) is 4.02. The highest BCUT2D eigenvalue weighted by Crippen LogP contribution is 2.31. The molecule has 2 nitrogen and oxygen atoms in total. The van der Waals surface area contributed by atoms with E-state index >= 15 is 0 Å². The molecule has 0 saturated heterocycles. The second kappa shape index (κ2) is 6.40. The summed E-state index contributed by atoms with van der Waals surface area (Å²) in [5, 5.41) is 4.15. The van der Waals surface area contributed by atoms with E-state index in [-0.39, 0.29) is 6.04 Å². The molecule has 0 aliphatic carbocycles. The first-order valence-electron chi connectivity index (χ1n) is 7.10. The van der Waals surface area contributed by atoms with Gasteiger partial charge in [0, 0.05) is 17.8 Å². The normalized spacial score (nSPS) is 12.1. The number of benzene rings is 2. The van der Waals surface area contributed by atoms with Crippen LogP contribution in [0.15, 0.2) is 30.3 Å². The van der Waals surface area contributed by atoms with Gasteiger partial charge in [0.1, 0.15) is 5.75 Å². The Kier molecular flexibility index (Phi) is 4.79. The monoisotopic (exact) mass is 303 g/mol. The summed E-state index contributed by atoms with van der Waals surface area (Å²) in [6.07, 6.45) is 0. The summed E-state index contributed by atoms with van der Waals surface area (Å²) < 4.78 is 5.26. The van der Waals surface area contributed by atoms with E-state index in [1.54, 1.807) is 7.11 Å². The Bertz CT molecular complexity index is 629. The van der Waals surface area contributed by atoms with E-state index in [4.69, 9.17) is 16.3 Å². The first-order valence-corrected chi connectivity index (χ1v) is 7.48. The zero-order valence-corrected chi connectivity index (χ0v) is 14.0. The number of aryl methyl sites for hydroxylation is 3. The lowest BCUT2D eigenvalue weighted by atomic mass is 9.95. The zero-order chi connectivity index (χ0) is 15.6. The van der Waals surface area contributed by atoms with Gasteiger partial charge < -0.3 is 10.1 Å². The molecule has 0 aromatic heterocycles. The van der Waals surface area contributed by atoms with Crippen molar-refractivity contribution in [2.45, 2.75) is 33.7 Å². The number of anilines is 1. The van der Waals surface area contributed by atoms with Crippen molar-refractivity contribution in [2.24, 2.45) is 0 Å². The van der Waals surface area contributed by atoms with Gasteiger partial charge in [-0.3, -0.25) is 0 Å². The minimum absolute atomic E-state index is 0.219. The van der Waals surface area contributed by atoms with Crippen LogP contribution in [0.2, 0.25) is 5.02 Å². The molecule has 1 unspecified atom stereocenters. The zero-order valence-electron chi connectivity index (χ0n) is 13.3. The van der Waals surface area contributed by atoms with Gasteiger partial charge in [0.2, 0.25) is 0 Å². The highest BCUT2D eigenvalue weighted by atomic mass is 35.5. The van der Waals surface area contributed by atoms with Gasteiger partial charge in [-0.2, -0.15) is 0 Å². The van der Waals surface area contributed by atoms with Crippen LogP contribution in [0.3, 0.4) is 0 Å². The molecule has 0 saturated carbocycles. The van der Waals surface area contributed by atoms with Gasteiger partial charge in [0.15, 0.2) is 0 Å². The van der Waals surface area contributed by atoms with E-state index in [9.17, 15) is 0 Å². The predicted molar refractivity (Wildman–Crippen MR) is 90.7 cm³/mol. The molecule has 2 aromatic carbocycles. The SMILES string of the molecule is COc1cc(NC(C)c2c(C)cc(C)cc2C)ccc1Cl. The van der Waals surface area contributed by atoms with Crippen molar-refractivity contribution in [3.63, 3.8) is 0 Å². The van der Waals surface area contributed by atoms with Gasteiger partial charge >= 0.3 is 0 Å². The molecule has 0 spiro atoms. The third-order valence-electron chi connectivity index (χ3n) is 3.71. The largest absolute Gasteiger partial charge is 0.495 e. The topological polar surface area (TPSA) is 21.3 Å². The second-order valence-electron chi connectivity index (χ2n) is 5.53. The first-order chi connectivity index (χ1) is 9.92. The van der Waals surface area contributed by atoms with Crippen molar-refractivity contribution < 1.29 is 4.74 Å². The summed E-state index contributed by atoms with van der Waals surface area (Å²) in [7, 11) is 1.63. The summed E-state index contributed by atoms with van der Waals surface area (Å²) >= 11 is 6.06. The van der Waals surface area contributed by atoms with E-state index in [0.717, 1.165) is 5.69 Å². The summed E-state index contributed by atoms with van der Waals surface area (Å²) in [4.78, 5) is 0. The molecule has 3 heteroatoms. The van der Waals surface area contributed by atoms with E-state index in [1.165, 1.54) is 22.3 Å². The Balaban J connectivity index is 2.28. The molecule has 21 heavy (non-hydrogen) atoms. The molecule has 1 N–H and O–H groups in total. The van der Waals surface area contributed by atoms with Crippen LogP contribution in [0.25, 0.3) is 0 Å². The molecule has 0 fully saturated rings. The van der Waals surface area contributed by atoms with Crippen LogP contribution in [0.5, 0.6) is 5.75 Å². The average molecular weight is 304 g/mol. The third kappa shape index (κ3) is 3.51. The van der Waals surface area contributed by atoms with Crippen molar-refractivity contribution in [3.05, 3.63) is 57.6 Å². The first kappa shape index (κ1) is 15.7. The van der Waals surface area contributed by atoms with E-state index in [1.807, 2.05) is 18.2 Å². The summed E-state index contributed by atoms with van der Waals surface area (Å²) in [6.45, 7) is 8.63. The van der Waals surface area contributed by atoms with Crippen molar-refractivity contribution in [3.8, 4) is 5.75 Å². The number of rotatable bonds is 4. The maximum absolute atomic E-state index is 6.06. The molecule has 0 heterocycles. The van der Waals surface area contributed by atoms with Gasteiger partial charge in [0.25, 0.3) is 0 Å². The molecule has 0 aliphatic rings. The van der Waals surface area contributed by atoms with Crippen LogP contribution in [-0.2, 0) is 0 Å². The van der Waals surface area contributed by atoms with Gasteiger partial charge in [-0.05, 0) is 56.5 Å². The number of methoxy groups -OCH3 is 1. The maximum Gasteiger partial charge on any atom is 0.139 e. The van der Waals surface area contributed by atoms with Gasteiger partial charge in [-0.15, -0.1) is 0 Å². The Morgan fingerprint density at radius 1 is 1.05 bits per heavy atom. The number of ether oxygens (including phenoxy) is 1. The molecule has 0 amide bonds. The Morgan fingerprint density at radius 2 is 1.67 bits per heavy atom. The Labute approximate surface area is 132 Å². The molecular weight excluding hydrogens is 282 g/mol. The van der Waals surface area contributed by atoms with Gasteiger partial charge in [-0.1, -0.05) is 29.3 Å². The molecule has 1 atom stereocenters. The van der Waals surface area contributed by atoms with Crippen molar-refractivity contribution in [1.29, 1.82) is 0 Å². The number of hydrogen-bond acceptors (Lipinski definition) is 2. The lowest BCUT2D eigenvalue weighted by Crippen LogP contribution is -2.10. The summed E-state index contributed by atoms with van der Waals surface area (Å²) in [5.74, 6) is 0.686. The van der Waals surface area contributed by atoms with E-state index in [0.29, 0.717) is 10.8 Å². The lowest BCUT2D eigenvalue weighted by Gasteiger charge is -2.21. The molecule has 2 rings (SSSR count). The van der Waals surface area contributed by atoms with Crippen LogP contribution in [-0.4, -0.2) is 7.11 Å². The average Bonchev–Trinajstić information content (AvgIpc) is 2.39. The second-order valence-corrected chi connectivity index (χ2v) is 5.93. The molecule has 0 radical (unpaired) electrons. The minimum atomic E-state index is 0.219. The Hall–Kier alpha value is -1.67. The van der Waals surface area contributed by atoms with Crippen LogP contribution < -0.4 is 10.1 Å². The summed E-state index contributed by atoms with van der Waals surface area (Å²) in [5.41, 5.74) is 6.27. The van der Waals surface area contributed by atoms with Crippen LogP contribution in [0, 0.1) is 20.8 Å². The predicted octanol–water partition coefficient (Wildman–Crippen LogP) is 5.45. The smallest absolute Gasteiger partial charge is 0.139 e. The minimum Gasteiger partial charge on any atom is -0.495 e. The van der Waals surface area contributed by atoms with Crippen molar-refractivity contribution in [2.75, 3.05) is 12.4 Å². The van der Waals surface area contributed by atoms with Crippen molar-refractivity contribution >= 4 is 17.3 Å². The highest BCUT2D eigenvalue weighted by molar-refractivity contribution is 6.32. The molecule has 112 valence electrons. The van der Waals surface area contributed by atoms with Crippen LogP contribution in [0.4, 0.5) is 5.69 Å². The standard InChI is InChI=1S/C18H22ClNO/c1-11-8-12(2)18(13(3)9-11)14(4)20-15-6-7-16(19)17(10-15)21-5/h6-10,14,20H,1-5H3. The fraction of sp³-hybridized carbons (Fsp3) is 0.333.